The van der Waals surface area contributed by atoms with E-state index in [9.17, 15) is 0 Å². The van der Waals surface area contributed by atoms with Crippen LogP contribution >= 0.6 is 0 Å². The van der Waals surface area contributed by atoms with E-state index in [1.807, 2.05) is 6.07 Å². The molecule has 0 bridgehead atoms. The van der Waals surface area contributed by atoms with E-state index in [1.54, 1.807) is 0 Å². The van der Waals surface area contributed by atoms with Crippen molar-refractivity contribution >= 4 is 122 Å². The van der Waals surface area contributed by atoms with Crippen LogP contribution in [0.25, 0.3) is 98.7 Å². The molecule has 0 N–H and O–H groups in total. The number of para-hydroxylation sites is 3. The second-order valence-corrected chi connectivity index (χ2v) is 19.7. The van der Waals surface area contributed by atoms with E-state index >= 15 is 0 Å². The summed E-state index contributed by atoms with van der Waals surface area (Å²) in [6.45, 7) is 13.8. The van der Waals surface area contributed by atoms with E-state index in [1.165, 1.54) is 55.0 Å². The molecule has 4 aromatic heterocycles. The predicted molar refractivity (Wildman–Crippen MR) is 259 cm³/mol. The van der Waals surface area contributed by atoms with Gasteiger partial charge in [-0.25, -0.2) is 0 Å². The molecule has 0 saturated heterocycles. The highest BCUT2D eigenvalue weighted by Crippen LogP contribution is 2.52. The van der Waals surface area contributed by atoms with Crippen LogP contribution in [-0.2, 0) is 10.8 Å². The van der Waals surface area contributed by atoms with Crippen LogP contribution in [0.5, 0.6) is 0 Å². The van der Waals surface area contributed by atoms with Crippen LogP contribution in [0.15, 0.2) is 153 Å². The van der Waals surface area contributed by atoms with Gasteiger partial charge in [-0.3, -0.25) is 0 Å². The van der Waals surface area contributed by atoms with E-state index in [0.717, 1.165) is 82.9 Å². The van der Waals surface area contributed by atoms with E-state index in [4.69, 9.17) is 13.3 Å². The monoisotopic (exact) mass is 800 g/mol. The van der Waals surface area contributed by atoms with Gasteiger partial charge in [0, 0.05) is 65.7 Å². The van der Waals surface area contributed by atoms with Crippen LogP contribution < -0.4 is 15.8 Å². The van der Waals surface area contributed by atoms with Crippen molar-refractivity contribution in [3.8, 4) is 11.1 Å². The lowest BCUT2D eigenvalue weighted by molar-refractivity contribution is 0.590. The first kappa shape index (κ1) is 34.5. The van der Waals surface area contributed by atoms with Crippen LogP contribution in [-0.4, -0.2) is 11.3 Å². The maximum Gasteiger partial charge on any atom is 0.333 e. The minimum absolute atomic E-state index is 0.0127. The van der Waals surface area contributed by atoms with E-state index < -0.39 is 0 Å². The summed E-state index contributed by atoms with van der Waals surface area (Å²) >= 11 is 0. The van der Waals surface area contributed by atoms with Crippen LogP contribution in [0.2, 0.25) is 0 Å². The zero-order valence-corrected chi connectivity index (χ0v) is 35.5. The first-order chi connectivity index (χ1) is 30.0. The molecule has 0 unspecified atom stereocenters. The highest BCUT2D eigenvalue weighted by Gasteiger charge is 2.45. The third-order valence-corrected chi connectivity index (χ3v) is 14.0. The van der Waals surface area contributed by atoms with Gasteiger partial charge >= 0.3 is 6.85 Å². The number of anilines is 3. The summed E-state index contributed by atoms with van der Waals surface area (Å²) in [4.78, 5) is 2.52. The van der Waals surface area contributed by atoms with E-state index in [0.29, 0.717) is 0 Å². The van der Waals surface area contributed by atoms with Crippen molar-refractivity contribution in [1.29, 1.82) is 0 Å². The number of fused-ring (bicyclic) bond motifs is 17. The molecule has 2 aliphatic heterocycles. The van der Waals surface area contributed by atoms with Crippen LogP contribution in [0, 0.1) is 0 Å². The van der Waals surface area contributed by atoms with Gasteiger partial charge in [0.2, 0.25) is 0 Å². The SMILES string of the molecule is CC(C)(C)c1ccc2c(c1)c1cc(C(C)(C)C)cc3c1n2B1c2cc4oc5ccccc5c4cc2N(c2ccc4oc5ccccc5c4c2)c2c1c-3cc1oc3ccccc3c21. The maximum atomic E-state index is 6.95. The molecule has 0 saturated carbocycles. The molecule has 0 aliphatic carbocycles. The molecule has 0 radical (unpaired) electrons. The summed E-state index contributed by atoms with van der Waals surface area (Å²) in [5.41, 5.74) is 18.5. The van der Waals surface area contributed by atoms with Gasteiger partial charge in [-0.15, -0.1) is 0 Å². The highest BCUT2D eigenvalue weighted by molar-refractivity contribution is 6.90. The zero-order valence-electron chi connectivity index (χ0n) is 35.5. The smallest absolute Gasteiger partial charge is 0.333 e. The van der Waals surface area contributed by atoms with E-state index in [-0.39, 0.29) is 17.7 Å². The Hall–Kier alpha value is -7.18. The zero-order chi connectivity index (χ0) is 41.6. The van der Waals surface area contributed by atoms with Gasteiger partial charge in [-0.2, -0.15) is 0 Å². The summed E-state index contributed by atoms with van der Waals surface area (Å²) in [5, 5.41) is 9.17. The molecule has 8 aromatic carbocycles. The molecular weight excluding hydrogens is 759 g/mol. The quantitative estimate of drug-likeness (QED) is 0.155. The fraction of sp³-hybridized carbons (Fsp3) is 0.143. The number of hydrogen-bond acceptors (Lipinski definition) is 4. The molecule has 0 spiro atoms. The van der Waals surface area contributed by atoms with Crippen LogP contribution in [0.3, 0.4) is 0 Å². The van der Waals surface area contributed by atoms with Crippen molar-refractivity contribution in [2.75, 3.05) is 4.90 Å². The predicted octanol–water partition coefficient (Wildman–Crippen LogP) is 14.5. The van der Waals surface area contributed by atoms with Crippen LogP contribution in [0.4, 0.5) is 17.1 Å². The fourth-order valence-corrected chi connectivity index (χ4v) is 11.0. The second kappa shape index (κ2) is 11.4. The van der Waals surface area contributed by atoms with Gasteiger partial charge in [0.15, 0.2) is 0 Å². The topological polar surface area (TPSA) is 47.6 Å². The van der Waals surface area contributed by atoms with E-state index in [2.05, 4.69) is 184 Å². The number of furan rings is 3. The Balaban J connectivity index is 1.21. The Morgan fingerprint density at radius 3 is 1.79 bits per heavy atom. The van der Waals surface area contributed by atoms with Crippen molar-refractivity contribution in [1.82, 2.24) is 4.48 Å². The lowest BCUT2D eigenvalue weighted by Gasteiger charge is -2.41. The van der Waals surface area contributed by atoms with Crippen molar-refractivity contribution in [2.45, 2.75) is 52.4 Å². The first-order valence-corrected chi connectivity index (χ1v) is 21.8. The Morgan fingerprint density at radius 2 is 1.06 bits per heavy atom. The lowest BCUT2D eigenvalue weighted by atomic mass is 9.44. The van der Waals surface area contributed by atoms with Crippen molar-refractivity contribution in [2.24, 2.45) is 0 Å². The summed E-state index contributed by atoms with van der Waals surface area (Å²) in [5.74, 6) is 0. The fourth-order valence-electron chi connectivity index (χ4n) is 11.0. The molecule has 5 nitrogen and oxygen atoms in total. The van der Waals surface area contributed by atoms with Gasteiger partial charge in [0.05, 0.1) is 11.1 Å². The summed E-state index contributed by atoms with van der Waals surface area (Å²) < 4.78 is 22.8. The molecule has 0 atom stereocenters. The molecule has 0 amide bonds. The number of nitrogens with zero attached hydrogens (tertiary/aromatic N) is 2. The largest absolute Gasteiger partial charge is 0.456 e. The molecule has 14 rings (SSSR count). The Kier molecular flexibility index (Phi) is 6.34. The molecule has 62 heavy (non-hydrogen) atoms. The Bertz CT molecular complexity index is 3970. The number of benzene rings is 8. The minimum Gasteiger partial charge on any atom is -0.456 e. The third-order valence-electron chi connectivity index (χ3n) is 14.0. The second-order valence-electron chi connectivity index (χ2n) is 19.7. The molecular formula is C56H41BN2O3. The summed E-state index contributed by atoms with van der Waals surface area (Å²) in [7, 11) is 0. The average molecular weight is 801 g/mol. The van der Waals surface area contributed by atoms with Crippen LogP contribution in [0.1, 0.15) is 52.7 Å². The Morgan fingerprint density at radius 1 is 0.452 bits per heavy atom. The number of aromatic nitrogens is 1. The van der Waals surface area contributed by atoms with Gasteiger partial charge in [-0.1, -0.05) is 102 Å². The van der Waals surface area contributed by atoms with Crippen molar-refractivity contribution in [3.63, 3.8) is 0 Å². The highest BCUT2D eigenvalue weighted by atomic mass is 16.3. The van der Waals surface area contributed by atoms with Crippen molar-refractivity contribution < 1.29 is 13.3 Å². The summed E-state index contributed by atoms with van der Waals surface area (Å²) in [6.07, 6.45) is 0. The molecule has 0 fully saturated rings. The Labute approximate surface area is 357 Å². The van der Waals surface area contributed by atoms with Crippen molar-refractivity contribution in [3.05, 3.63) is 151 Å². The number of hydrogen-bond donors (Lipinski definition) is 0. The average Bonchev–Trinajstić information content (AvgIpc) is 4.02. The van der Waals surface area contributed by atoms with Gasteiger partial charge in [0.25, 0.3) is 0 Å². The molecule has 6 heteroatoms. The lowest BCUT2D eigenvalue weighted by Crippen LogP contribution is -2.56. The maximum absolute atomic E-state index is 6.95. The van der Waals surface area contributed by atoms with Gasteiger partial charge < -0.3 is 22.6 Å². The minimum atomic E-state index is -0.172. The third kappa shape index (κ3) is 4.39. The first-order valence-electron chi connectivity index (χ1n) is 21.8. The number of rotatable bonds is 1. The standard InChI is InChI=1S/C56H41BN2O3/c1-55(2,3)30-19-21-43-36(23-30)40-24-31(56(4,5)6)25-41-39-28-50-51(35-15-9-12-18-47(35)62-50)54-52(39)57(59(43)53(40)41)42-29-49-38(34-14-8-11-17-46(34)61-49)27-44(42)58(54)32-20-22-48-37(26-32)33-13-7-10-16-45(33)60-48/h7-29H,1-6H3. The summed E-state index contributed by atoms with van der Waals surface area (Å²) in [6, 6.07) is 51.2. The molecule has 296 valence electrons. The normalized spacial score (nSPS) is 13.9. The van der Waals surface area contributed by atoms with Gasteiger partial charge in [0.1, 0.15) is 33.5 Å². The molecule has 12 aromatic rings. The molecule has 2 aliphatic rings. The van der Waals surface area contributed by atoms with Gasteiger partial charge in [-0.05, 0) is 117 Å². The molecule has 6 heterocycles.